The van der Waals surface area contributed by atoms with Crippen LogP contribution in [0.4, 0.5) is 11.4 Å². The van der Waals surface area contributed by atoms with Crippen LogP contribution in [-0.2, 0) is 0 Å². The molecule has 0 heterocycles. The lowest BCUT2D eigenvalue weighted by molar-refractivity contribution is -0.385. The fourth-order valence-electron chi connectivity index (χ4n) is 0.955. The standard InChI is InChI=1S/C9H8N2O2/c1-3-10-8-5-4-7(2)9(6-8)11(12)13/h4-6H,1H2,2H3. The summed E-state index contributed by atoms with van der Waals surface area (Å²) in [5.74, 6) is 2.32. The van der Waals surface area contributed by atoms with Crippen LogP contribution < -0.4 is 0 Å². The molecule has 4 nitrogen and oxygen atoms in total. The van der Waals surface area contributed by atoms with E-state index in [4.69, 9.17) is 0 Å². The van der Waals surface area contributed by atoms with Crippen LogP contribution in [0.15, 0.2) is 29.8 Å². The van der Waals surface area contributed by atoms with Gasteiger partial charge in [-0.1, -0.05) is 6.07 Å². The summed E-state index contributed by atoms with van der Waals surface area (Å²) in [6.45, 7) is 4.97. The zero-order chi connectivity index (χ0) is 9.84. The molecule has 0 aromatic heterocycles. The summed E-state index contributed by atoms with van der Waals surface area (Å²) in [6.07, 6.45) is 0. The Morgan fingerprint density at radius 3 is 2.85 bits per heavy atom. The van der Waals surface area contributed by atoms with Gasteiger partial charge in [-0.05, 0) is 25.4 Å². The SMILES string of the molecule is C=C=Nc1ccc(C)c([N+](=O)[O-])c1. The van der Waals surface area contributed by atoms with Gasteiger partial charge in [-0.25, -0.2) is 4.99 Å². The Morgan fingerprint density at radius 1 is 1.62 bits per heavy atom. The summed E-state index contributed by atoms with van der Waals surface area (Å²) >= 11 is 0. The fraction of sp³-hybridized carbons (Fsp3) is 0.111. The number of benzene rings is 1. The van der Waals surface area contributed by atoms with Gasteiger partial charge in [0.05, 0.1) is 10.6 Å². The molecular formula is C9H8N2O2. The van der Waals surface area contributed by atoms with Crippen LogP contribution in [0.25, 0.3) is 0 Å². The minimum Gasteiger partial charge on any atom is -0.258 e. The molecule has 0 amide bonds. The van der Waals surface area contributed by atoms with Gasteiger partial charge >= 0.3 is 0 Å². The molecule has 0 aliphatic carbocycles. The van der Waals surface area contributed by atoms with E-state index in [2.05, 4.69) is 17.4 Å². The summed E-state index contributed by atoms with van der Waals surface area (Å²) in [6, 6.07) is 4.72. The van der Waals surface area contributed by atoms with E-state index in [1.807, 2.05) is 0 Å². The van der Waals surface area contributed by atoms with Crippen LogP contribution in [0.2, 0.25) is 0 Å². The second-order valence-electron chi connectivity index (χ2n) is 2.50. The molecule has 66 valence electrons. The van der Waals surface area contributed by atoms with E-state index in [0.717, 1.165) is 0 Å². The highest BCUT2D eigenvalue weighted by Crippen LogP contribution is 2.23. The van der Waals surface area contributed by atoms with Crippen molar-refractivity contribution < 1.29 is 4.92 Å². The number of nitro groups is 1. The van der Waals surface area contributed by atoms with Crippen LogP contribution in [0.1, 0.15) is 5.56 Å². The van der Waals surface area contributed by atoms with E-state index in [1.54, 1.807) is 19.1 Å². The maximum Gasteiger partial charge on any atom is 0.274 e. The first-order chi connectivity index (χ1) is 6.15. The lowest BCUT2D eigenvalue weighted by Gasteiger charge is -1.96. The van der Waals surface area contributed by atoms with Gasteiger partial charge in [-0.15, -0.1) is 0 Å². The number of nitro benzene ring substituents is 1. The lowest BCUT2D eigenvalue weighted by Crippen LogP contribution is -1.90. The third kappa shape index (κ3) is 2.01. The van der Waals surface area contributed by atoms with Crippen LogP contribution in [0.5, 0.6) is 0 Å². The third-order valence-electron chi connectivity index (χ3n) is 1.60. The van der Waals surface area contributed by atoms with E-state index >= 15 is 0 Å². The molecule has 0 fully saturated rings. The first-order valence-corrected chi connectivity index (χ1v) is 3.63. The van der Waals surface area contributed by atoms with Crippen LogP contribution in [0.3, 0.4) is 0 Å². The first kappa shape index (κ1) is 9.16. The molecule has 13 heavy (non-hydrogen) atoms. The second kappa shape index (κ2) is 3.65. The first-order valence-electron chi connectivity index (χ1n) is 3.63. The molecule has 0 N–H and O–H groups in total. The molecular weight excluding hydrogens is 168 g/mol. The summed E-state index contributed by atoms with van der Waals surface area (Å²) in [5, 5.41) is 10.5. The van der Waals surface area contributed by atoms with Crippen molar-refractivity contribution in [1.29, 1.82) is 0 Å². The normalized spacial score (nSPS) is 9.00. The van der Waals surface area contributed by atoms with E-state index in [9.17, 15) is 10.1 Å². The van der Waals surface area contributed by atoms with Crippen molar-refractivity contribution in [3.63, 3.8) is 0 Å². The van der Waals surface area contributed by atoms with Crippen LogP contribution >= 0.6 is 0 Å². The van der Waals surface area contributed by atoms with Crippen molar-refractivity contribution in [2.24, 2.45) is 4.99 Å². The van der Waals surface area contributed by atoms with Gasteiger partial charge in [0.1, 0.15) is 0 Å². The molecule has 0 saturated heterocycles. The second-order valence-corrected chi connectivity index (χ2v) is 2.50. The highest BCUT2D eigenvalue weighted by atomic mass is 16.6. The monoisotopic (exact) mass is 176 g/mol. The van der Waals surface area contributed by atoms with Crippen molar-refractivity contribution in [3.8, 4) is 0 Å². The number of rotatable bonds is 2. The molecule has 0 radical (unpaired) electrons. The van der Waals surface area contributed by atoms with E-state index in [-0.39, 0.29) is 5.69 Å². The highest BCUT2D eigenvalue weighted by Gasteiger charge is 2.09. The Labute approximate surface area is 75.4 Å². The Bertz CT molecular complexity index is 393. The molecule has 0 bridgehead atoms. The zero-order valence-electron chi connectivity index (χ0n) is 7.15. The predicted octanol–water partition coefficient (Wildman–Crippen LogP) is 2.39. The average Bonchev–Trinajstić information content (AvgIpc) is 2.08. The quantitative estimate of drug-likeness (QED) is 0.394. The van der Waals surface area contributed by atoms with Crippen LogP contribution in [0, 0.1) is 17.0 Å². The molecule has 1 rings (SSSR count). The van der Waals surface area contributed by atoms with Crippen molar-refractivity contribution >= 4 is 17.2 Å². The summed E-state index contributed by atoms with van der Waals surface area (Å²) < 4.78 is 0. The molecule has 0 spiro atoms. The van der Waals surface area contributed by atoms with Crippen molar-refractivity contribution in [3.05, 3.63) is 40.5 Å². The van der Waals surface area contributed by atoms with Gasteiger partial charge in [-0.2, -0.15) is 0 Å². The zero-order valence-corrected chi connectivity index (χ0v) is 7.15. The number of nitrogens with zero attached hydrogens (tertiary/aromatic N) is 2. The number of aliphatic imine (C=N–C) groups is 1. The van der Waals surface area contributed by atoms with E-state index in [1.165, 1.54) is 6.07 Å². The molecule has 1 aromatic carbocycles. The minimum atomic E-state index is -0.433. The topological polar surface area (TPSA) is 55.5 Å². The summed E-state index contributed by atoms with van der Waals surface area (Å²) in [4.78, 5) is 13.8. The number of hydrogen-bond acceptors (Lipinski definition) is 3. The van der Waals surface area contributed by atoms with Gasteiger partial charge in [0.15, 0.2) is 0 Å². The third-order valence-corrected chi connectivity index (χ3v) is 1.60. The van der Waals surface area contributed by atoms with E-state index < -0.39 is 4.92 Å². The van der Waals surface area contributed by atoms with Gasteiger partial charge in [-0.3, -0.25) is 10.1 Å². The molecule has 1 aromatic rings. The lowest BCUT2D eigenvalue weighted by atomic mass is 10.2. The average molecular weight is 176 g/mol. The van der Waals surface area contributed by atoms with Crippen molar-refractivity contribution in [2.45, 2.75) is 6.92 Å². The smallest absolute Gasteiger partial charge is 0.258 e. The van der Waals surface area contributed by atoms with Crippen molar-refractivity contribution in [2.75, 3.05) is 0 Å². The Hall–Kier alpha value is -1.93. The molecule has 0 unspecified atom stereocenters. The largest absolute Gasteiger partial charge is 0.274 e. The predicted molar refractivity (Wildman–Crippen MR) is 50.6 cm³/mol. The van der Waals surface area contributed by atoms with Gasteiger partial charge in [0.25, 0.3) is 5.69 Å². The number of hydrogen-bond donors (Lipinski definition) is 0. The Balaban J connectivity index is 3.26. The van der Waals surface area contributed by atoms with Gasteiger partial charge in [0, 0.05) is 11.6 Å². The van der Waals surface area contributed by atoms with Crippen LogP contribution in [-0.4, -0.2) is 10.8 Å². The summed E-state index contributed by atoms with van der Waals surface area (Å²) in [5.41, 5.74) is 1.18. The van der Waals surface area contributed by atoms with Crippen molar-refractivity contribution in [1.82, 2.24) is 0 Å². The maximum atomic E-state index is 10.5. The van der Waals surface area contributed by atoms with Gasteiger partial charge < -0.3 is 0 Å². The minimum absolute atomic E-state index is 0.0662. The molecule has 0 aliphatic rings. The van der Waals surface area contributed by atoms with E-state index in [0.29, 0.717) is 11.3 Å². The molecule has 0 atom stereocenters. The maximum absolute atomic E-state index is 10.5. The molecule has 0 saturated carbocycles. The molecule has 4 heteroatoms. The molecule has 0 aliphatic heterocycles. The highest BCUT2D eigenvalue weighted by molar-refractivity contribution is 5.59. The number of aryl methyl sites for hydroxylation is 1. The Morgan fingerprint density at radius 2 is 2.31 bits per heavy atom. The fourth-order valence-corrected chi connectivity index (χ4v) is 0.955. The summed E-state index contributed by atoms with van der Waals surface area (Å²) in [7, 11) is 0. The Kier molecular flexibility index (Phi) is 2.57. The van der Waals surface area contributed by atoms with Gasteiger partial charge in [0.2, 0.25) is 0 Å².